The van der Waals surface area contributed by atoms with Crippen LogP contribution in [0, 0.1) is 6.92 Å². The van der Waals surface area contributed by atoms with Crippen LogP contribution in [0.1, 0.15) is 38.1 Å². The van der Waals surface area contributed by atoms with Crippen molar-refractivity contribution in [3.8, 4) is 11.3 Å². The summed E-state index contributed by atoms with van der Waals surface area (Å²) in [5.74, 6) is 1.86. The summed E-state index contributed by atoms with van der Waals surface area (Å²) < 4.78 is 0. The monoisotopic (exact) mass is 269 g/mol. The van der Waals surface area contributed by atoms with Gasteiger partial charge in [0.05, 0.1) is 5.69 Å². The normalized spacial score (nSPS) is 10.6. The first-order valence-electron chi connectivity index (χ1n) is 7.42. The summed E-state index contributed by atoms with van der Waals surface area (Å²) in [7, 11) is 0. The molecule has 1 N–H and O–H groups in total. The Labute approximate surface area is 121 Å². The van der Waals surface area contributed by atoms with Crippen molar-refractivity contribution in [2.24, 2.45) is 0 Å². The second-order valence-corrected chi connectivity index (χ2v) is 5.05. The van der Waals surface area contributed by atoms with E-state index in [0.29, 0.717) is 0 Å². The number of anilines is 1. The topological polar surface area (TPSA) is 37.8 Å². The third-order valence-corrected chi connectivity index (χ3v) is 3.22. The minimum absolute atomic E-state index is 0.917. The Hall–Kier alpha value is -1.90. The van der Waals surface area contributed by atoms with E-state index in [-0.39, 0.29) is 0 Å². The lowest BCUT2D eigenvalue weighted by molar-refractivity contribution is 0.834. The molecule has 0 saturated heterocycles. The number of aryl methyl sites for hydroxylation is 2. The van der Waals surface area contributed by atoms with Gasteiger partial charge in [0.1, 0.15) is 11.6 Å². The van der Waals surface area contributed by atoms with Crippen molar-refractivity contribution in [2.75, 3.05) is 11.9 Å². The Morgan fingerprint density at radius 1 is 1.05 bits per heavy atom. The molecule has 0 aliphatic rings. The van der Waals surface area contributed by atoms with E-state index in [1.165, 1.54) is 11.1 Å². The van der Waals surface area contributed by atoms with Crippen molar-refractivity contribution in [2.45, 2.75) is 40.0 Å². The van der Waals surface area contributed by atoms with E-state index < -0.39 is 0 Å². The van der Waals surface area contributed by atoms with Crippen LogP contribution < -0.4 is 5.32 Å². The van der Waals surface area contributed by atoms with Crippen LogP contribution in [0.2, 0.25) is 0 Å². The Balaban J connectivity index is 2.40. The average molecular weight is 269 g/mol. The van der Waals surface area contributed by atoms with Crippen LogP contribution in [0.4, 0.5) is 5.82 Å². The largest absolute Gasteiger partial charge is 0.370 e. The van der Waals surface area contributed by atoms with Gasteiger partial charge in [0.2, 0.25) is 0 Å². The second-order valence-electron chi connectivity index (χ2n) is 5.05. The summed E-state index contributed by atoms with van der Waals surface area (Å²) in [6.45, 7) is 7.37. The number of nitrogens with zero attached hydrogens (tertiary/aromatic N) is 2. The fraction of sp³-hybridized carbons (Fsp3) is 0.412. The molecule has 0 amide bonds. The van der Waals surface area contributed by atoms with Crippen LogP contribution in [-0.2, 0) is 6.42 Å². The Morgan fingerprint density at radius 2 is 1.85 bits per heavy atom. The van der Waals surface area contributed by atoms with Crippen molar-refractivity contribution in [1.29, 1.82) is 0 Å². The van der Waals surface area contributed by atoms with Crippen LogP contribution in [-0.4, -0.2) is 16.5 Å². The van der Waals surface area contributed by atoms with E-state index >= 15 is 0 Å². The van der Waals surface area contributed by atoms with Crippen LogP contribution >= 0.6 is 0 Å². The maximum absolute atomic E-state index is 4.71. The van der Waals surface area contributed by atoms with Crippen molar-refractivity contribution in [3.05, 3.63) is 41.7 Å². The van der Waals surface area contributed by atoms with Crippen molar-refractivity contribution >= 4 is 5.82 Å². The molecule has 3 nitrogen and oxygen atoms in total. The molecule has 1 aromatic carbocycles. The smallest absolute Gasteiger partial charge is 0.131 e. The molecule has 0 radical (unpaired) electrons. The SMILES string of the molecule is CCCNc1cc(-c2ccccc2C)nc(CCC)n1. The van der Waals surface area contributed by atoms with Crippen LogP contribution in [0.3, 0.4) is 0 Å². The molecular weight excluding hydrogens is 246 g/mol. The third-order valence-electron chi connectivity index (χ3n) is 3.22. The summed E-state index contributed by atoms with van der Waals surface area (Å²) in [5, 5.41) is 3.37. The van der Waals surface area contributed by atoms with E-state index in [1.807, 2.05) is 0 Å². The van der Waals surface area contributed by atoms with Gasteiger partial charge in [0, 0.05) is 24.6 Å². The molecule has 20 heavy (non-hydrogen) atoms. The molecule has 1 aromatic heterocycles. The van der Waals surface area contributed by atoms with Crippen molar-refractivity contribution < 1.29 is 0 Å². The Morgan fingerprint density at radius 3 is 2.55 bits per heavy atom. The zero-order chi connectivity index (χ0) is 14.4. The highest BCUT2D eigenvalue weighted by atomic mass is 15.0. The number of benzene rings is 1. The summed E-state index contributed by atoms with van der Waals surface area (Å²) in [4.78, 5) is 9.30. The second kappa shape index (κ2) is 7.04. The molecule has 0 unspecified atom stereocenters. The minimum atomic E-state index is 0.917. The molecule has 0 aliphatic heterocycles. The van der Waals surface area contributed by atoms with Crippen LogP contribution in [0.25, 0.3) is 11.3 Å². The quantitative estimate of drug-likeness (QED) is 0.853. The highest BCUT2D eigenvalue weighted by molar-refractivity contribution is 5.66. The van der Waals surface area contributed by atoms with Crippen molar-refractivity contribution in [1.82, 2.24) is 9.97 Å². The van der Waals surface area contributed by atoms with Gasteiger partial charge in [-0.1, -0.05) is 38.1 Å². The van der Waals surface area contributed by atoms with E-state index in [4.69, 9.17) is 4.98 Å². The lowest BCUT2D eigenvalue weighted by Crippen LogP contribution is -2.06. The molecule has 106 valence electrons. The molecular formula is C17H23N3. The van der Waals surface area contributed by atoms with E-state index in [2.05, 4.69) is 61.4 Å². The predicted octanol–water partition coefficient (Wildman–Crippen LogP) is 4.23. The summed E-state index contributed by atoms with van der Waals surface area (Å²) >= 11 is 0. The fourth-order valence-electron chi connectivity index (χ4n) is 2.17. The molecule has 0 atom stereocenters. The molecule has 0 saturated carbocycles. The lowest BCUT2D eigenvalue weighted by atomic mass is 10.1. The van der Waals surface area contributed by atoms with Gasteiger partial charge in [0.15, 0.2) is 0 Å². The standard InChI is InChI=1S/C17H23N3/c1-4-8-16-19-15(12-17(20-16)18-11-5-2)14-10-7-6-9-13(14)3/h6-7,9-10,12H,4-5,8,11H2,1-3H3,(H,18,19,20). The minimum Gasteiger partial charge on any atom is -0.370 e. The van der Waals surface area contributed by atoms with Gasteiger partial charge in [-0.15, -0.1) is 0 Å². The van der Waals surface area contributed by atoms with E-state index in [9.17, 15) is 0 Å². The number of aromatic nitrogens is 2. The molecule has 2 rings (SSSR count). The number of nitrogens with one attached hydrogen (secondary N) is 1. The lowest BCUT2D eigenvalue weighted by Gasteiger charge is -2.11. The highest BCUT2D eigenvalue weighted by Crippen LogP contribution is 2.23. The molecule has 2 aromatic rings. The van der Waals surface area contributed by atoms with Gasteiger partial charge >= 0.3 is 0 Å². The Bertz CT molecular complexity index is 564. The zero-order valence-corrected chi connectivity index (χ0v) is 12.6. The first kappa shape index (κ1) is 14.5. The maximum Gasteiger partial charge on any atom is 0.131 e. The van der Waals surface area contributed by atoms with Gasteiger partial charge in [-0.05, 0) is 25.3 Å². The first-order valence-corrected chi connectivity index (χ1v) is 7.42. The van der Waals surface area contributed by atoms with Gasteiger partial charge < -0.3 is 5.32 Å². The van der Waals surface area contributed by atoms with Crippen LogP contribution in [0.5, 0.6) is 0 Å². The summed E-state index contributed by atoms with van der Waals surface area (Å²) in [6, 6.07) is 10.4. The van der Waals surface area contributed by atoms with Crippen molar-refractivity contribution in [3.63, 3.8) is 0 Å². The molecule has 3 heteroatoms. The van der Waals surface area contributed by atoms with Gasteiger partial charge in [0.25, 0.3) is 0 Å². The molecule has 0 aliphatic carbocycles. The maximum atomic E-state index is 4.71. The molecule has 0 spiro atoms. The first-order chi connectivity index (χ1) is 9.74. The Kier molecular flexibility index (Phi) is 5.10. The van der Waals surface area contributed by atoms with E-state index in [1.54, 1.807) is 0 Å². The predicted molar refractivity (Wildman–Crippen MR) is 85.0 cm³/mol. The fourth-order valence-corrected chi connectivity index (χ4v) is 2.17. The number of hydrogen-bond acceptors (Lipinski definition) is 3. The van der Waals surface area contributed by atoms with Gasteiger partial charge in [-0.2, -0.15) is 0 Å². The number of rotatable bonds is 6. The van der Waals surface area contributed by atoms with Gasteiger partial charge in [-0.25, -0.2) is 9.97 Å². The highest BCUT2D eigenvalue weighted by Gasteiger charge is 2.08. The van der Waals surface area contributed by atoms with E-state index in [0.717, 1.165) is 43.1 Å². The molecule has 0 bridgehead atoms. The zero-order valence-electron chi connectivity index (χ0n) is 12.6. The van der Waals surface area contributed by atoms with Crippen LogP contribution in [0.15, 0.2) is 30.3 Å². The third kappa shape index (κ3) is 3.56. The molecule has 0 fully saturated rings. The number of hydrogen-bond donors (Lipinski definition) is 1. The average Bonchev–Trinajstić information content (AvgIpc) is 2.46. The van der Waals surface area contributed by atoms with Gasteiger partial charge in [-0.3, -0.25) is 0 Å². The molecule has 1 heterocycles. The summed E-state index contributed by atoms with van der Waals surface area (Å²) in [5.41, 5.74) is 3.45. The summed E-state index contributed by atoms with van der Waals surface area (Å²) in [6.07, 6.45) is 3.07.